The summed E-state index contributed by atoms with van der Waals surface area (Å²) in [7, 11) is 1.74. The molecule has 200 valence electrons. The summed E-state index contributed by atoms with van der Waals surface area (Å²) >= 11 is 0. The van der Waals surface area contributed by atoms with Gasteiger partial charge in [0.15, 0.2) is 6.61 Å². The van der Waals surface area contributed by atoms with Gasteiger partial charge in [-0.1, -0.05) is 37.3 Å². The molecule has 2 aliphatic heterocycles. The Labute approximate surface area is 212 Å². The zero-order valence-electron chi connectivity index (χ0n) is 21.3. The molecular weight excluding hydrogens is 468 g/mol. The third-order valence-electron chi connectivity index (χ3n) is 8.15. The van der Waals surface area contributed by atoms with Crippen LogP contribution in [-0.4, -0.2) is 78.9 Å². The van der Waals surface area contributed by atoms with Crippen LogP contribution in [0.25, 0.3) is 0 Å². The van der Waals surface area contributed by atoms with E-state index in [0.29, 0.717) is 44.7 Å². The number of nitrogens with one attached hydrogen (secondary N) is 1. The summed E-state index contributed by atoms with van der Waals surface area (Å²) in [5.74, 6) is 0.515. The predicted molar refractivity (Wildman–Crippen MR) is 132 cm³/mol. The smallest absolute Gasteiger partial charge is 0.410 e. The molecule has 0 aromatic heterocycles. The Morgan fingerprint density at radius 1 is 1.14 bits per heavy atom. The van der Waals surface area contributed by atoms with Gasteiger partial charge in [0.1, 0.15) is 0 Å². The number of carbonyl (C=O) groups excluding carboxylic acids is 2. The second kappa shape index (κ2) is 11.8. The number of nitrogens with zero attached hydrogens (tertiary/aromatic N) is 2. The fourth-order valence-corrected chi connectivity index (χ4v) is 6.28. The van der Waals surface area contributed by atoms with Gasteiger partial charge in [-0.3, -0.25) is 0 Å². The van der Waals surface area contributed by atoms with Crippen molar-refractivity contribution in [2.75, 3.05) is 26.7 Å². The predicted octanol–water partition coefficient (Wildman–Crippen LogP) is 5.16. The van der Waals surface area contributed by atoms with E-state index >= 15 is 0 Å². The third-order valence-corrected chi connectivity index (χ3v) is 8.15. The van der Waals surface area contributed by atoms with Gasteiger partial charge in [0.05, 0.1) is 23.8 Å². The van der Waals surface area contributed by atoms with E-state index in [1.807, 2.05) is 13.0 Å². The molecule has 9 heteroatoms. The number of likely N-dealkylation sites (tertiary alicyclic amines) is 1. The van der Waals surface area contributed by atoms with Gasteiger partial charge in [-0.15, -0.1) is 0 Å². The Morgan fingerprint density at radius 3 is 2.50 bits per heavy atom. The highest BCUT2D eigenvalue weighted by Crippen LogP contribution is 2.40. The quantitative estimate of drug-likeness (QED) is 0.554. The summed E-state index contributed by atoms with van der Waals surface area (Å²) < 4.78 is 37.3. The van der Waals surface area contributed by atoms with Gasteiger partial charge >= 0.3 is 12.1 Å². The lowest BCUT2D eigenvalue weighted by molar-refractivity contribution is -0.108. The molecule has 7 nitrogen and oxygen atoms in total. The van der Waals surface area contributed by atoms with E-state index < -0.39 is 30.7 Å². The number of amides is 3. The van der Waals surface area contributed by atoms with E-state index in [1.54, 1.807) is 16.8 Å². The lowest BCUT2D eigenvalue weighted by Gasteiger charge is -2.55. The van der Waals surface area contributed by atoms with Crippen molar-refractivity contribution in [2.45, 2.75) is 94.4 Å². The van der Waals surface area contributed by atoms with Gasteiger partial charge in [0, 0.05) is 20.1 Å². The number of ether oxygens (including phenoxy) is 2. The first-order valence-corrected chi connectivity index (χ1v) is 13.3. The van der Waals surface area contributed by atoms with Crippen LogP contribution in [0.5, 0.6) is 0 Å². The maximum Gasteiger partial charge on any atom is 0.410 e. The van der Waals surface area contributed by atoms with Gasteiger partial charge in [-0.2, -0.15) is 0 Å². The summed E-state index contributed by atoms with van der Waals surface area (Å²) in [6.45, 7) is 2.02. The average Bonchev–Trinajstić information content (AvgIpc) is 2.89. The van der Waals surface area contributed by atoms with Gasteiger partial charge < -0.3 is 24.6 Å². The van der Waals surface area contributed by atoms with Crippen LogP contribution >= 0.6 is 0 Å². The Kier molecular flexibility index (Phi) is 8.70. The first kappa shape index (κ1) is 26.6. The van der Waals surface area contributed by atoms with Crippen molar-refractivity contribution in [1.29, 1.82) is 0 Å². The van der Waals surface area contributed by atoms with Crippen LogP contribution in [0.1, 0.15) is 69.8 Å². The number of benzene rings is 1. The molecule has 1 N–H and O–H groups in total. The molecule has 2 saturated heterocycles. The van der Waals surface area contributed by atoms with Crippen LogP contribution in [0.4, 0.5) is 18.4 Å². The first-order valence-electron chi connectivity index (χ1n) is 13.3. The number of carbonyl (C=O) groups is 2. The van der Waals surface area contributed by atoms with Crippen molar-refractivity contribution < 1.29 is 27.8 Å². The zero-order chi connectivity index (χ0) is 25.7. The standard InChI is InChI=1S/C27H39F2N3O4/c1-3-22(36-21-12-10-20(11-13-21)19-8-5-4-6-9-19)24-27(15-17-31(2)25(33)30-27)14-7-16-32(24)26(34)35-18-23(28)29/h4-6,8-9,20-24H,3,7,10-18H2,1-2H3,(H,30,33)/t20?,21?,22?,24-,27+/m0/s1. The molecule has 1 unspecified atom stereocenters. The minimum atomic E-state index is -2.73. The summed E-state index contributed by atoms with van der Waals surface area (Å²) in [5.41, 5.74) is 0.685. The number of alkyl halides is 2. The summed E-state index contributed by atoms with van der Waals surface area (Å²) in [5, 5.41) is 3.17. The number of hydrogen-bond acceptors (Lipinski definition) is 4. The van der Waals surface area contributed by atoms with Gasteiger partial charge in [0.25, 0.3) is 6.43 Å². The van der Waals surface area contributed by atoms with E-state index in [4.69, 9.17) is 9.47 Å². The SMILES string of the molecule is CCC(OC1CCC(c2ccccc2)CC1)[C@@H]1N(C(=O)OCC(F)F)CCC[C@@]12CCN(C)C(=O)N2. The second-order valence-electron chi connectivity index (χ2n) is 10.4. The molecular formula is C27H39F2N3O4. The molecule has 3 atom stereocenters. The lowest BCUT2D eigenvalue weighted by atomic mass is 9.74. The van der Waals surface area contributed by atoms with Crippen LogP contribution in [-0.2, 0) is 9.47 Å². The fraction of sp³-hybridized carbons (Fsp3) is 0.704. The van der Waals surface area contributed by atoms with Crippen molar-refractivity contribution >= 4 is 12.1 Å². The van der Waals surface area contributed by atoms with Crippen LogP contribution in [0.2, 0.25) is 0 Å². The molecule has 1 spiro atoms. The topological polar surface area (TPSA) is 71.1 Å². The van der Waals surface area contributed by atoms with E-state index in [0.717, 1.165) is 25.7 Å². The first-order chi connectivity index (χ1) is 17.3. The highest BCUT2D eigenvalue weighted by atomic mass is 19.3. The number of urea groups is 1. The Bertz CT molecular complexity index is 881. The molecule has 3 amide bonds. The molecule has 1 aromatic rings. The summed E-state index contributed by atoms with van der Waals surface area (Å²) in [6.07, 6.45) is 2.76. The Morgan fingerprint density at radius 2 is 1.86 bits per heavy atom. The van der Waals surface area contributed by atoms with Gasteiger partial charge in [0.2, 0.25) is 0 Å². The Hall–Kier alpha value is -2.42. The average molecular weight is 508 g/mol. The highest BCUT2D eigenvalue weighted by Gasteiger charge is 2.53. The van der Waals surface area contributed by atoms with E-state index in [1.165, 1.54) is 5.56 Å². The number of piperidine rings is 1. The van der Waals surface area contributed by atoms with Crippen LogP contribution in [0.15, 0.2) is 30.3 Å². The number of halogens is 2. The van der Waals surface area contributed by atoms with E-state index in [2.05, 4.69) is 29.6 Å². The Balaban J connectivity index is 1.51. The fourth-order valence-electron chi connectivity index (χ4n) is 6.28. The monoisotopic (exact) mass is 507 g/mol. The van der Waals surface area contributed by atoms with E-state index in [-0.39, 0.29) is 18.2 Å². The van der Waals surface area contributed by atoms with Crippen LogP contribution in [0, 0.1) is 0 Å². The molecule has 4 rings (SSSR count). The molecule has 36 heavy (non-hydrogen) atoms. The summed E-state index contributed by atoms with van der Waals surface area (Å²) in [4.78, 5) is 28.9. The van der Waals surface area contributed by atoms with Crippen molar-refractivity contribution in [1.82, 2.24) is 15.1 Å². The molecule has 0 bridgehead atoms. The molecule has 1 aromatic carbocycles. The summed E-state index contributed by atoms with van der Waals surface area (Å²) in [6, 6.07) is 9.87. The van der Waals surface area contributed by atoms with E-state index in [9.17, 15) is 18.4 Å². The van der Waals surface area contributed by atoms with Crippen molar-refractivity contribution in [3.05, 3.63) is 35.9 Å². The minimum absolute atomic E-state index is 0.0507. The van der Waals surface area contributed by atoms with Crippen molar-refractivity contribution in [3.63, 3.8) is 0 Å². The lowest BCUT2D eigenvalue weighted by Crippen LogP contribution is -2.73. The third kappa shape index (κ3) is 5.93. The molecule has 2 heterocycles. The van der Waals surface area contributed by atoms with Gasteiger partial charge in [-0.25, -0.2) is 18.4 Å². The molecule has 1 aliphatic carbocycles. The molecule has 3 aliphatic rings. The maximum absolute atomic E-state index is 13.0. The zero-order valence-corrected chi connectivity index (χ0v) is 21.3. The number of hydrogen-bond donors (Lipinski definition) is 1. The highest BCUT2D eigenvalue weighted by molar-refractivity contribution is 5.76. The molecule has 0 radical (unpaired) electrons. The van der Waals surface area contributed by atoms with Crippen LogP contribution in [0.3, 0.4) is 0 Å². The largest absolute Gasteiger partial charge is 0.443 e. The van der Waals surface area contributed by atoms with Crippen molar-refractivity contribution in [3.8, 4) is 0 Å². The van der Waals surface area contributed by atoms with Gasteiger partial charge in [-0.05, 0) is 62.8 Å². The minimum Gasteiger partial charge on any atom is -0.443 e. The maximum atomic E-state index is 13.0. The molecule has 3 fully saturated rings. The normalized spacial score (nSPS) is 29.8. The van der Waals surface area contributed by atoms with Crippen molar-refractivity contribution in [2.24, 2.45) is 0 Å². The number of rotatable bonds is 7. The molecule has 1 saturated carbocycles. The second-order valence-corrected chi connectivity index (χ2v) is 10.4. The van der Waals surface area contributed by atoms with Crippen LogP contribution < -0.4 is 5.32 Å².